The molecule has 2 fully saturated rings. The third-order valence-electron chi connectivity index (χ3n) is 7.54. The van der Waals surface area contributed by atoms with Crippen LogP contribution < -0.4 is 10.1 Å². The van der Waals surface area contributed by atoms with Crippen molar-refractivity contribution < 1.29 is 9.53 Å². The van der Waals surface area contributed by atoms with E-state index >= 15 is 0 Å². The third kappa shape index (κ3) is 4.50. The standard InChI is InChI=1S/C28H35N3O2/c1-33-25-19-11-8-16-22(25)27-30-23-17-9-10-18-24(23)31(27)26(20-12-4-2-5-13-20)28(32)29-21-14-6-3-7-15-21/h8-11,16-21,26H,2-7,12-15H2,1H3,(H,29,32). The Hall–Kier alpha value is -2.82. The molecule has 1 N–H and O–H groups in total. The van der Waals surface area contributed by atoms with Crippen molar-refractivity contribution in [3.05, 3.63) is 48.5 Å². The Kier molecular flexibility index (Phi) is 6.65. The molecule has 3 aromatic rings. The summed E-state index contributed by atoms with van der Waals surface area (Å²) >= 11 is 0. The summed E-state index contributed by atoms with van der Waals surface area (Å²) in [5.74, 6) is 2.08. The van der Waals surface area contributed by atoms with Crippen LogP contribution in [-0.4, -0.2) is 28.6 Å². The average Bonchev–Trinajstić information content (AvgIpc) is 3.24. The van der Waals surface area contributed by atoms with E-state index in [1.165, 1.54) is 38.5 Å². The highest BCUT2D eigenvalue weighted by atomic mass is 16.5. The van der Waals surface area contributed by atoms with Crippen LogP contribution in [0.2, 0.25) is 0 Å². The Bertz CT molecular complexity index is 1090. The van der Waals surface area contributed by atoms with Gasteiger partial charge < -0.3 is 14.6 Å². The van der Waals surface area contributed by atoms with Crippen LogP contribution in [0.4, 0.5) is 0 Å². The van der Waals surface area contributed by atoms with E-state index in [0.29, 0.717) is 12.0 Å². The molecule has 1 atom stereocenters. The maximum absolute atomic E-state index is 14.0. The Morgan fingerprint density at radius 1 is 0.939 bits per heavy atom. The number of fused-ring (bicyclic) bond motifs is 1. The second-order valence-electron chi connectivity index (χ2n) is 9.68. The van der Waals surface area contributed by atoms with Crippen LogP contribution in [0.25, 0.3) is 22.4 Å². The lowest BCUT2D eigenvalue weighted by molar-refractivity contribution is -0.127. The van der Waals surface area contributed by atoms with Crippen LogP contribution >= 0.6 is 0 Å². The summed E-state index contributed by atoms with van der Waals surface area (Å²) in [6.45, 7) is 0. The monoisotopic (exact) mass is 445 g/mol. The minimum Gasteiger partial charge on any atom is -0.496 e. The van der Waals surface area contributed by atoms with Gasteiger partial charge in [-0.2, -0.15) is 0 Å². The van der Waals surface area contributed by atoms with Crippen molar-refractivity contribution in [1.29, 1.82) is 0 Å². The number of para-hydroxylation sites is 3. The number of methoxy groups -OCH3 is 1. The number of hydrogen-bond donors (Lipinski definition) is 1. The Morgan fingerprint density at radius 3 is 2.36 bits per heavy atom. The van der Waals surface area contributed by atoms with Crippen molar-refractivity contribution >= 4 is 16.9 Å². The molecule has 5 rings (SSSR count). The molecule has 0 aliphatic heterocycles. The van der Waals surface area contributed by atoms with Gasteiger partial charge in [0, 0.05) is 6.04 Å². The van der Waals surface area contributed by atoms with E-state index < -0.39 is 0 Å². The number of nitrogens with one attached hydrogen (secondary N) is 1. The van der Waals surface area contributed by atoms with Gasteiger partial charge in [0.1, 0.15) is 17.6 Å². The summed E-state index contributed by atoms with van der Waals surface area (Å²) in [7, 11) is 1.69. The third-order valence-corrected chi connectivity index (χ3v) is 7.54. The predicted octanol–water partition coefficient (Wildman–Crippen LogP) is 6.28. The first-order valence-corrected chi connectivity index (χ1v) is 12.7. The zero-order valence-corrected chi connectivity index (χ0v) is 19.6. The van der Waals surface area contributed by atoms with Crippen molar-refractivity contribution in [2.75, 3.05) is 7.11 Å². The summed E-state index contributed by atoms with van der Waals surface area (Å²) in [6.07, 6.45) is 11.7. The Balaban J connectivity index is 1.64. The van der Waals surface area contributed by atoms with Crippen LogP contribution in [0.1, 0.15) is 70.3 Å². The number of carbonyl (C=O) groups is 1. The summed E-state index contributed by atoms with van der Waals surface area (Å²) in [5, 5.41) is 3.46. The SMILES string of the molecule is COc1ccccc1-c1nc2ccccc2n1C(C(=O)NC1CCCCC1)C1CCCCC1. The molecule has 2 aliphatic rings. The van der Waals surface area contributed by atoms with Gasteiger partial charge in [0.2, 0.25) is 5.91 Å². The van der Waals surface area contributed by atoms with Crippen LogP contribution in [0, 0.1) is 5.92 Å². The molecule has 1 unspecified atom stereocenters. The summed E-state index contributed by atoms with van der Waals surface area (Å²) < 4.78 is 7.93. The molecule has 1 heterocycles. The zero-order chi connectivity index (χ0) is 22.6. The van der Waals surface area contributed by atoms with Gasteiger partial charge in [-0.3, -0.25) is 4.79 Å². The summed E-state index contributed by atoms with van der Waals surface area (Å²) in [6, 6.07) is 16.2. The highest BCUT2D eigenvalue weighted by molar-refractivity contribution is 5.88. The zero-order valence-electron chi connectivity index (χ0n) is 19.6. The number of carbonyl (C=O) groups excluding carboxylic acids is 1. The summed E-state index contributed by atoms with van der Waals surface area (Å²) in [5.41, 5.74) is 2.87. The topological polar surface area (TPSA) is 56.2 Å². The molecule has 0 bridgehead atoms. The second kappa shape index (κ2) is 9.98. The van der Waals surface area contributed by atoms with Crippen molar-refractivity contribution in [2.45, 2.75) is 76.3 Å². The second-order valence-corrected chi connectivity index (χ2v) is 9.68. The van der Waals surface area contributed by atoms with E-state index in [0.717, 1.165) is 53.9 Å². The van der Waals surface area contributed by atoms with Gasteiger partial charge in [0.25, 0.3) is 0 Å². The predicted molar refractivity (Wildman–Crippen MR) is 132 cm³/mol. The van der Waals surface area contributed by atoms with Crippen LogP contribution in [0.15, 0.2) is 48.5 Å². The maximum Gasteiger partial charge on any atom is 0.243 e. The molecule has 2 aromatic carbocycles. The van der Waals surface area contributed by atoms with E-state index in [9.17, 15) is 4.79 Å². The molecular formula is C28H35N3O2. The molecule has 5 heteroatoms. The van der Waals surface area contributed by atoms with Gasteiger partial charge in [-0.15, -0.1) is 0 Å². The van der Waals surface area contributed by atoms with Crippen molar-refractivity contribution in [3.8, 4) is 17.1 Å². The van der Waals surface area contributed by atoms with E-state index in [-0.39, 0.29) is 11.9 Å². The highest BCUT2D eigenvalue weighted by Gasteiger charge is 2.35. The fraction of sp³-hybridized carbons (Fsp3) is 0.500. The number of imidazole rings is 1. The highest BCUT2D eigenvalue weighted by Crippen LogP contribution is 2.40. The largest absolute Gasteiger partial charge is 0.496 e. The lowest BCUT2D eigenvalue weighted by Crippen LogP contribution is -2.43. The normalized spacial score (nSPS) is 18.8. The Labute approximate surface area is 196 Å². The number of ether oxygens (including phenoxy) is 1. The number of amides is 1. The molecule has 33 heavy (non-hydrogen) atoms. The number of nitrogens with zero attached hydrogens (tertiary/aromatic N) is 2. The minimum atomic E-state index is -0.264. The number of rotatable bonds is 6. The van der Waals surface area contributed by atoms with Crippen molar-refractivity contribution in [1.82, 2.24) is 14.9 Å². The average molecular weight is 446 g/mol. The molecule has 174 valence electrons. The molecule has 1 aromatic heterocycles. The number of benzene rings is 2. The molecule has 0 spiro atoms. The lowest BCUT2D eigenvalue weighted by atomic mass is 9.82. The number of hydrogen-bond acceptors (Lipinski definition) is 3. The van der Waals surface area contributed by atoms with E-state index in [1.54, 1.807) is 7.11 Å². The molecule has 1 amide bonds. The molecule has 2 saturated carbocycles. The van der Waals surface area contributed by atoms with E-state index in [2.05, 4.69) is 16.0 Å². The Morgan fingerprint density at radius 2 is 1.61 bits per heavy atom. The van der Waals surface area contributed by atoms with Gasteiger partial charge >= 0.3 is 0 Å². The van der Waals surface area contributed by atoms with Crippen molar-refractivity contribution in [3.63, 3.8) is 0 Å². The first kappa shape index (κ1) is 22.0. The summed E-state index contributed by atoms with van der Waals surface area (Å²) in [4.78, 5) is 19.0. The van der Waals surface area contributed by atoms with Gasteiger partial charge in [-0.25, -0.2) is 4.98 Å². The van der Waals surface area contributed by atoms with Gasteiger partial charge in [-0.1, -0.05) is 62.8 Å². The molecular weight excluding hydrogens is 410 g/mol. The lowest BCUT2D eigenvalue weighted by Gasteiger charge is -2.34. The fourth-order valence-electron chi connectivity index (χ4n) is 5.87. The van der Waals surface area contributed by atoms with Gasteiger partial charge in [0.15, 0.2) is 0 Å². The van der Waals surface area contributed by atoms with Gasteiger partial charge in [-0.05, 0) is 55.9 Å². The van der Waals surface area contributed by atoms with Crippen LogP contribution in [-0.2, 0) is 4.79 Å². The van der Waals surface area contributed by atoms with Crippen LogP contribution in [0.3, 0.4) is 0 Å². The number of aromatic nitrogens is 2. The smallest absolute Gasteiger partial charge is 0.243 e. The van der Waals surface area contributed by atoms with Crippen molar-refractivity contribution in [2.24, 2.45) is 5.92 Å². The first-order chi connectivity index (χ1) is 16.3. The van der Waals surface area contributed by atoms with Crippen LogP contribution in [0.5, 0.6) is 5.75 Å². The van der Waals surface area contributed by atoms with Gasteiger partial charge in [0.05, 0.1) is 23.7 Å². The molecule has 0 saturated heterocycles. The molecule has 0 radical (unpaired) electrons. The fourth-order valence-corrected chi connectivity index (χ4v) is 5.87. The maximum atomic E-state index is 14.0. The quantitative estimate of drug-likeness (QED) is 0.486. The molecule has 5 nitrogen and oxygen atoms in total. The molecule has 2 aliphatic carbocycles. The minimum absolute atomic E-state index is 0.160. The van der Waals surface area contributed by atoms with E-state index in [4.69, 9.17) is 9.72 Å². The van der Waals surface area contributed by atoms with E-state index in [1.807, 2.05) is 42.5 Å². The first-order valence-electron chi connectivity index (χ1n) is 12.7.